The second-order valence-electron chi connectivity index (χ2n) is 4.09. The van der Waals surface area contributed by atoms with Crippen molar-refractivity contribution < 1.29 is 4.79 Å². The Bertz CT molecular complexity index is 703. The summed E-state index contributed by atoms with van der Waals surface area (Å²) in [5, 5.41) is 12.0. The van der Waals surface area contributed by atoms with Crippen LogP contribution in [0, 0.1) is 11.3 Å². The van der Waals surface area contributed by atoms with Crippen LogP contribution in [0.2, 0.25) is 5.02 Å². The molecule has 1 heterocycles. The van der Waals surface area contributed by atoms with Crippen molar-refractivity contribution in [3.05, 3.63) is 51.2 Å². The maximum Gasteiger partial charge on any atom is 0.272 e. The Morgan fingerprint density at radius 2 is 2.25 bits per heavy atom. The molecule has 0 atom stereocenters. The molecular weight excluding hydrogens is 342 g/mol. The maximum atomic E-state index is 12.3. The summed E-state index contributed by atoms with van der Waals surface area (Å²) in [5.41, 5.74) is 1.39. The summed E-state index contributed by atoms with van der Waals surface area (Å²) >= 11 is 9.37. The molecule has 0 aliphatic rings. The molecule has 0 bridgehead atoms. The fraction of sp³-hybridized carbons (Fsp3) is 0.143. The lowest BCUT2D eigenvalue weighted by Crippen LogP contribution is -2.16. The molecular formula is C14H11BrClN3O. The van der Waals surface area contributed by atoms with E-state index in [0.29, 0.717) is 28.5 Å². The summed E-state index contributed by atoms with van der Waals surface area (Å²) < 4.78 is 2.66. The molecule has 0 fully saturated rings. The van der Waals surface area contributed by atoms with Crippen LogP contribution in [0.15, 0.2) is 34.9 Å². The number of nitriles is 1. The molecule has 4 nitrogen and oxygen atoms in total. The van der Waals surface area contributed by atoms with E-state index in [0.717, 1.165) is 4.47 Å². The molecule has 102 valence electrons. The first-order chi connectivity index (χ1) is 9.55. The van der Waals surface area contributed by atoms with Gasteiger partial charge in [0.15, 0.2) is 0 Å². The average Bonchev–Trinajstić information content (AvgIpc) is 2.82. The third-order valence-corrected chi connectivity index (χ3v) is 3.54. The average molecular weight is 353 g/mol. The molecule has 0 saturated heterocycles. The van der Waals surface area contributed by atoms with Gasteiger partial charge >= 0.3 is 0 Å². The zero-order valence-electron chi connectivity index (χ0n) is 10.7. The van der Waals surface area contributed by atoms with Crippen LogP contribution in [0.25, 0.3) is 0 Å². The van der Waals surface area contributed by atoms with Crippen LogP contribution in [-0.2, 0) is 6.54 Å². The number of aryl methyl sites for hydroxylation is 1. The number of hydrogen-bond acceptors (Lipinski definition) is 2. The van der Waals surface area contributed by atoms with Crippen molar-refractivity contribution in [2.24, 2.45) is 0 Å². The van der Waals surface area contributed by atoms with Crippen molar-refractivity contribution in [2.75, 3.05) is 5.32 Å². The first-order valence-corrected chi connectivity index (χ1v) is 7.09. The van der Waals surface area contributed by atoms with Gasteiger partial charge in [-0.3, -0.25) is 4.79 Å². The lowest BCUT2D eigenvalue weighted by molar-refractivity contribution is 0.101. The van der Waals surface area contributed by atoms with E-state index >= 15 is 0 Å². The zero-order chi connectivity index (χ0) is 14.7. The van der Waals surface area contributed by atoms with E-state index < -0.39 is 0 Å². The summed E-state index contributed by atoms with van der Waals surface area (Å²) in [6.07, 6.45) is 1.84. The molecule has 1 N–H and O–H groups in total. The highest BCUT2D eigenvalue weighted by Crippen LogP contribution is 2.24. The van der Waals surface area contributed by atoms with Gasteiger partial charge in [-0.1, -0.05) is 11.6 Å². The van der Waals surface area contributed by atoms with E-state index in [1.165, 1.54) is 0 Å². The highest BCUT2D eigenvalue weighted by molar-refractivity contribution is 9.10. The number of benzene rings is 1. The van der Waals surface area contributed by atoms with Crippen molar-refractivity contribution in [2.45, 2.75) is 13.5 Å². The number of nitrogens with one attached hydrogen (secondary N) is 1. The molecule has 1 aromatic heterocycles. The minimum atomic E-state index is -0.269. The third-order valence-electron chi connectivity index (χ3n) is 2.78. The molecule has 0 spiro atoms. The van der Waals surface area contributed by atoms with Gasteiger partial charge in [-0.2, -0.15) is 5.26 Å². The molecule has 0 radical (unpaired) electrons. The first-order valence-electron chi connectivity index (χ1n) is 5.91. The van der Waals surface area contributed by atoms with Crippen LogP contribution >= 0.6 is 27.5 Å². The molecule has 20 heavy (non-hydrogen) atoms. The number of carbonyl (C=O) groups excluding carboxylic acids is 1. The molecule has 0 aliphatic heterocycles. The lowest BCUT2D eigenvalue weighted by atomic mass is 10.2. The molecule has 2 aromatic rings. The van der Waals surface area contributed by atoms with Crippen LogP contribution in [0.1, 0.15) is 23.0 Å². The van der Waals surface area contributed by atoms with Gasteiger partial charge in [-0.25, -0.2) is 0 Å². The Morgan fingerprint density at radius 1 is 1.50 bits per heavy atom. The van der Waals surface area contributed by atoms with Crippen LogP contribution in [-0.4, -0.2) is 10.5 Å². The number of aromatic nitrogens is 1. The number of amides is 1. The second kappa shape index (κ2) is 6.12. The SMILES string of the molecule is CCn1cc(Br)cc1C(=O)Nc1cc(C#N)ccc1Cl. The molecule has 0 saturated carbocycles. The van der Waals surface area contributed by atoms with Gasteiger partial charge in [0.25, 0.3) is 5.91 Å². The standard InChI is InChI=1S/C14H11BrClN3O/c1-2-19-8-10(15)6-13(19)14(20)18-12-5-9(7-17)3-4-11(12)16/h3-6,8H,2H2,1H3,(H,18,20). The Kier molecular flexibility index (Phi) is 4.48. The predicted octanol–water partition coefficient (Wildman–Crippen LogP) is 4.05. The van der Waals surface area contributed by atoms with E-state index in [1.807, 2.05) is 23.8 Å². The van der Waals surface area contributed by atoms with E-state index in [2.05, 4.69) is 21.2 Å². The summed E-state index contributed by atoms with van der Waals surface area (Å²) in [5.74, 6) is -0.269. The maximum absolute atomic E-state index is 12.3. The molecule has 2 rings (SSSR count). The monoisotopic (exact) mass is 351 g/mol. The van der Waals surface area contributed by atoms with Crippen LogP contribution in [0.5, 0.6) is 0 Å². The first kappa shape index (κ1) is 14.6. The van der Waals surface area contributed by atoms with E-state index in [1.54, 1.807) is 24.3 Å². The number of anilines is 1. The third kappa shape index (κ3) is 3.03. The molecule has 6 heteroatoms. The van der Waals surface area contributed by atoms with E-state index in [4.69, 9.17) is 16.9 Å². The van der Waals surface area contributed by atoms with Crippen molar-refractivity contribution in [3.63, 3.8) is 0 Å². The van der Waals surface area contributed by atoms with Crippen molar-refractivity contribution in [1.82, 2.24) is 4.57 Å². The number of carbonyl (C=O) groups is 1. The summed E-state index contributed by atoms with van der Waals surface area (Å²) in [7, 11) is 0. The minimum Gasteiger partial charge on any atom is -0.343 e. The fourth-order valence-electron chi connectivity index (χ4n) is 1.80. The van der Waals surface area contributed by atoms with Gasteiger partial charge < -0.3 is 9.88 Å². The van der Waals surface area contributed by atoms with Crippen molar-refractivity contribution in [3.8, 4) is 6.07 Å². The highest BCUT2D eigenvalue weighted by atomic mass is 79.9. The largest absolute Gasteiger partial charge is 0.343 e. The predicted molar refractivity (Wildman–Crippen MR) is 81.9 cm³/mol. The fourth-order valence-corrected chi connectivity index (χ4v) is 2.43. The number of halogens is 2. The van der Waals surface area contributed by atoms with Gasteiger partial charge in [-0.05, 0) is 47.1 Å². The highest BCUT2D eigenvalue weighted by Gasteiger charge is 2.14. The summed E-state index contributed by atoms with van der Waals surface area (Å²) in [4.78, 5) is 12.3. The zero-order valence-corrected chi connectivity index (χ0v) is 13.0. The molecule has 1 amide bonds. The van der Waals surface area contributed by atoms with Crippen LogP contribution in [0.4, 0.5) is 5.69 Å². The molecule has 0 aliphatic carbocycles. The van der Waals surface area contributed by atoms with Gasteiger partial charge in [0, 0.05) is 17.2 Å². The lowest BCUT2D eigenvalue weighted by Gasteiger charge is -2.09. The molecule has 1 aromatic carbocycles. The topological polar surface area (TPSA) is 57.8 Å². The van der Waals surface area contributed by atoms with E-state index in [9.17, 15) is 4.79 Å². The number of hydrogen-bond donors (Lipinski definition) is 1. The normalized spacial score (nSPS) is 10.1. The van der Waals surface area contributed by atoms with Crippen molar-refractivity contribution in [1.29, 1.82) is 5.26 Å². The van der Waals surface area contributed by atoms with Crippen LogP contribution in [0.3, 0.4) is 0 Å². The van der Waals surface area contributed by atoms with Gasteiger partial charge in [-0.15, -0.1) is 0 Å². The smallest absolute Gasteiger partial charge is 0.272 e. The summed E-state index contributed by atoms with van der Waals surface area (Å²) in [6.45, 7) is 2.63. The Hall–Kier alpha value is -1.77. The second-order valence-corrected chi connectivity index (χ2v) is 5.41. The van der Waals surface area contributed by atoms with Gasteiger partial charge in [0.1, 0.15) is 5.69 Å². The van der Waals surface area contributed by atoms with Crippen molar-refractivity contribution >= 4 is 39.1 Å². The van der Waals surface area contributed by atoms with Gasteiger partial charge in [0.2, 0.25) is 0 Å². The Balaban J connectivity index is 2.30. The number of rotatable bonds is 3. The quantitative estimate of drug-likeness (QED) is 0.906. The molecule has 0 unspecified atom stereocenters. The van der Waals surface area contributed by atoms with E-state index in [-0.39, 0.29) is 5.91 Å². The number of nitrogens with zero attached hydrogens (tertiary/aromatic N) is 2. The van der Waals surface area contributed by atoms with Gasteiger partial charge in [0.05, 0.1) is 22.3 Å². The summed E-state index contributed by atoms with van der Waals surface area (Å²) in [6, 6.07) is 8.49. The Labute approximate surface area is 130 Å². The Morgan fingerprint density at radius 3 is 2.90 bits per heavy atom. The minimum absolute atomic E-state index is 0.269. The van der Waals surface area contributed by atoms with Crippen LogP contribution < -0.4 is 5.32 Å².